The summed E-state index contributed by atoms with van der Waals surface area (Å²) >= 11 is 1.47. The number of hydrogen-bond acceptors (Lipinski definition) is 8. The Labute approximate surface area is 205 Å². The van der Waals surface area contributed by atoms with Crippen molar-refractivity contribution in [1.29, 1.82) is 0 Å². The fourth-order valence-electron chi connectivity index (χ4n) is 3.75. The van der Waals surface area contributed by atoms with E-state index in [2.05, 4.69) is 0 Å². The topological polar surface area (TPSA) is 91.3 Å². The van der Waals surface area contributed by atoms with E-state index in [-0.39, 0.29) is 0 Å². The zero-order valence-corrected chi connectivity index (χ0v) is 19.7. The third-order valence-electron chi connectivity index (χ3n) is 5.46. The van der Waals surface area contributed by atoms with Crippen molar-refractivity contribution < 1.29 is 19.1 Å². The molecule has 8 heteroatoms. The van der Waals surface area contributed by atoms with Crippen LogP contribution in [0.4, 0.5) is 0 Å². The van der Waals surface area contributed by atoms with Gasteiger partial charge < -0.3 is 9.47 Å². The van der Waals surface area contributed by atoms with Crippen LogP contribution in [0.25, 0.3) is 44.2 Å². The monoisotopic (exact) mass is 481 g/mol. The van der Waals surface area contributed by atoms with E-state index in [1.807, 2.05) is 53.9 Å². The molecule has 5 aromatic rings. The Balaban J connectivity index is 1.68. The number of pyridine rings is 3. The highest BCUT2D eigenvalue weighted by Crippen LogP contribution is 2.31. The van der Waals surface area contributed by atoms with Gasteiger partial charge in [-0.1, -0.05) is 30.3 Å². The smallest absolute Gasteiger partial charge is 0.340 e. The SMILES string of the molecule is COC(=O)c1ccc(-c2ccc(C(=O)OC)c(-c3cccs3)n2)nc1-c1ccc2ccccc2n1. The summed E-state index contributed by atoms with van der Waals surface area (Å²) in [6, 6.07) is 22.0. The average molecular weight is 482 g/mol. The Kier molecular flexibility index (Phi) is 6.03. The highest BCUT2D eigenvalue weighted by Gasteiger charge is 2.21. The maximum Gasteiger partial charge on any atom is 0.340 e. The third kappa shape index (κ3) is 4.27. The first kappa shape index (κ1) is 22.4. The van der Waals surface area contributed by atoms with Crippen LogP contribution in [-0.2, 0) is 9.47 Å². The number of methoxy groups -OCH3 is 2. The van der Waals surface area contributed by atoms with Gasteiger partial charge >= 0.3 is 11.9 Å². The zero-order chi connectivity index (χ0) is 24.4. The highest BCUT2D eigenvalue weighted by molar-refractivity contribution is 7.13. The van der Waals surface area contributed by atoms with Gasteiger partial charge in [-0.3, -0.25) is 0 Å². The van der Waals surface area contributed by atoms with Crippen molar-refractivity contribution >= 4 is 34.2 Å². The molecule has 0 N–H and O–H groups in total. The summed E-state index contributed by atoms with van der Waals surface area (Å²) < 4.78 is 9.92. The maximum atomic E-state index is 12.5. The molecule has 0 radical (unpaired) electrons. The van der Waals surface area contributed by atoms with Gasteiger partial charge in [-0.25, -0.2) is 24.5 Å². The zero-order valence-electron chi connectivity index (χ0n) is 18.9. The summed E-state index contributed by atoms with van der Waals surface area (Å²) in [6.45, 7) is 0. The molecule has 0 aliphatic rings. The van der Waals surface area contributed by atoms with Gasteiger partial charge in [-0.15, -0.1) is 11.3 Å². The Morgan fingerprint density at radius 2 is 1.29 bits per heavy atom. The Hall–Kier alpha value is -4.43. The number of carbonyl (C=O) groups is 2. The molecule has 0 aliphatic carbocycles. The van der Waals surface area contributed by atoms with Crippen LogP contribution in [0.2, 0.25) is 0 Å². The molecule has 0 saturated carbocycles. The minimum absolute atomic E-state index is 0.295. The van der Waals surface area contributed by atoms with Gasteiger partial charge in [0.1, 0.15) is 5.69 Å². The number of para-hydroxylation sites is 1. The lowest BCUT2D eigenvalue weighted by molar-refractivity contribution is 0.0592. The molecule has 35 heavy (non-hydrogen) atoms. The number of esters is 2. The van der Waals surface area contributed by atoms with Crippen LogP contribution in [0.15, 0.2) is 78.2 Å². The van der Waals surface area contributed by atoms with E-state index in [0.717, 1.165) is 15.8 Å². The lowest BCUT2D eigenvalue weighted by Gasteiger charge is -2.12. The van der Waals surface area contributed by atoms with Crippen molar-refractivity contribution in [1.82, 2.24) is 15.0 Å². The molecular formula is C27H19N3O4S. The Bertz CT molecular complexity index is 1560. The second-order valence-corrected chi connectivity index (χ2v) is 8.48. The molecule has 0 spiro atoms. The molecule has 0 saturated heterocycles. The summed E-state index contributed by atoms with van der Waals surface area (Å²) in [5.74, 6) is -0.982. The summed E-state index contributed by atoms with van der Waals surface area (Å²) in [7, 11) is 2.67. The molecule has 4 aromatic heterocycles. The lowest BCUT2D eigenvalue weighted by Crippen LogP contribution is -2.08. The van der Waals surface area contributed by atoms with Crippen molar-refractivity contribution in [2.45, 2.75) is 0 Å². The standard InChI is InChI=1S/C27H19N3O4S/c1-33-26(31)17-10-13-20(29-24(17)22-12-9-16-6-3-4-7-19(16)28-22)21-14-11-18(27(32)34-2)25(30-21)23-8-5-15-35-23/h3-15H,1-2H3. The van der Waals surface area contributed by atoms with E-state index < -0.39 is 11.9 Å². The van der Waals surface area contributed by atoms with Gasteiger partial charge in [0.2, 0.25) is 0 Å². The lowest BCUT2D eigenvalue weighted by atomic mass is 10.1. The van der Waals surface area contributed by atoms with Gasteiger partial charge in [0, 0.05) is 5.39 Å². The van der Waals surface area contributed by atoms with E-state index >= 15 is 0 Å². The molecule has 7 nitrogen and oxygen atoms in total. The van der Waals surface area contributed by atoms with Crippen LogP contribution in [-0.4, -0.2) is 41.1 Å². The van der Waals surface area contributed by atoms with Gasteiger partial charge in [0.25, 0.3) is 0 Å². The van der Waals surface area contributed by atoms with E-state index in [4.69, 9.17) is 24.4 Å². The normalized spacial score (nSPS) is 10.8. The summed E-state index contributed by atoms with van der Waals surface area (Å²) in [4.78, 5) is 39.9. The van der Waals surface area contributed by atoms with E-state index in [1.165, 1.54) is 25.6 Å². The minimum atomic E-state index is -0.512. The average Bonchev–Trinajstić information content (AvgIpc) is 3.46. The van der Waals surface area contributed by atoms with Crippen molar-refractivity contribution in [2.75, 3.05) is 14.2 Å². The fourth-order valence-corrected chi connectivity index (χ4v) is 4.48. The fraction of sp³-hybridized carbons (Fsp3) is 0.0741. The predicted octanol–water partition coefficient (Wildman–Crippen LogP) is 5.66. The molecule has 0 fully saturated rings. The number of ether oxygens (including phenoxy) is 2. The van der Waals surface area contributed by atoms with Crippen molar-refractivity contribution in [3.8, 4) is 33.3 Å². The number of benzene rings is 1. The number of aromatic nitrogens is 3. The number of carbonyl (C=O) groups excluding carboxylic acids is 2. The molecular weight excluding hydrogens is 462 g/mol. The highest BCUT2D eigenvalue weighted by atomic mass is 32.1. The first-order chi connectivity index (χ1) is 17.1. The molecule has 0 aliphatic heterocycles. The van der Waals surface area contributed by atoms with Gasteiger partial charge in [0.05, 0.1) is 58.5 Å². The van der Waals surface area contributed by atoms with Gasteiger partial charge in [-0.2, -0.15) is 0 Å². The molecule has 4 heterocycles. The number of rotatable bonds is 5. The summed E-state index contributed by atoms with van der Waals surface area (Å²) in [5, 5.41) is 2.89. The molecule has 0 bridgehead atoms. The molecule has 172 valence electrons. The third-order valence-corrected chi connectivity index (χ3v) is 6.34. The molecule has 0 atom stereocenters. The number of hydrogen-bond donors (Lipinski definition) is 0. The number of fused-ring (bicyclic) bond motifs is 1. The van der Waals surface area contributed by atoms with Crippen molar-refractivity contribution in [3.05, 3.63) is 89.3 Å². The quantitative estimate of drug-likeness (QED) is 0.299. The number of nitrogens with zero attached hydrogens (tertiary/aromatic N) is 3. The van der Waals surface area contributed by atoms with E-state index in [1.54, 1.807) is 24.3 Å². The second kappa shape index (κ2) is 9.44. The first-order valence-corrected chi connectivity index (χ1v) is 11.6. The van der Waals surface area contributed by atoms with Crippen LogP contribution in [0, 0.1) is 0 Å². The number of thiophene rings is 1. The second-order valence-electron chi connectivity index (χ2n) is 7.53. The van der Waals surface area contributed by atoms with E-state index in [0.29, 0.717) is 39.6 Å². The van der Waals surface area contributed by atoms with Crippen LogP contribution < -0.4 is 0 Å². The maximum absolute atomic E-state index is 12.5. The van der Waals surface area contributed by atoms with Crippen molar-refractivity contribution in [2.24, 2.45) is 0 Å². The molecule has 5 rings (SSSR count). The molecule has 0 unspecified atom stereocenters. The van der Waals surface area contributed by atoms with Gasteiger partial charge in [0.15, 0.2) is 0 Å². The molecule has 1 aromatic carbocycles. The Morgan fingerprint density at radius 1 is 0.657 bits per heavy atom. The summed E-state index contributed by atoms with van der Waals surface area (Å²) in [5.41, 5.74) is 3.94. The van der Waals surface area contributed by atoms with Gasteiger partial charge in [-0.05, 0) is 47.8 Å². The molecule has 0 amide bonds. The van der Waals surface area contributed by atoms with Crippen molar-refractivity contribution in [3.63, 3.8) is 0 Å². The van der Waals surface area contributed by atoms with E-state index in [9.17, 15) is 9.59 Å². The Morgan fingerprint density at radius 3 is 1.94 bits per heavy atom. The first-order valence-electron chi connectivity index (χ1n) is 10.7. The summed E-state index contributed by atoms with van der Waals surface area (Å²) in [6.07, 6.45) is 0. The van der Waals surface area contributed by atoms with Crippen LogP contribution >= 0.6 is 11.3 Å². The van der Waals surface area contributed by atoms with Crippen LogP contribution in [0.5, 0.6) is 0 Å². The largest absolute Gasteiger partial charge is 0.465 e. The predicted molar refractivity (Wildman–Crippen MR) is 134 cm³/mol. The van der Waals surface area contributed by atoms with Crippen LogP contribution in [0.3, 0.4) is 0 Å². The minimum Gasteiger partial charge on any atom is -0.465 e. The van der Waals surface area contributed by atoms with Crippen LogP contribution in [0.1, 0.15) is 20.7 Å².